The second-order valence-corrected chi connectivity index (χ2v) is 7.68. The number of piperazine rings is 1. The molecule has 0 radical (unpaired) electrons. The van der Waals surface area contributed by atoms with Crippen molar-refractivity contribution in [2.75, 3.05) is 26.2 Å². The van der Waals surface area contributed by atoms with Gasteiger partial charge in [0.2, 0.25) is 0 Å². The van der Waals surface area contributed by atoms with Crippen LogP contribution in [0.3, 0.4) is 0 Å². The predicted molar refractivity (Wildman–Crippen MR) is 105 cm³/mol. The summed E-state index contributed by atoms with van der Waals surface area (Å²) in [6.07, 6.45) is 1.67. The van der Waals surface area contributed by atoms with Crippen LogP contribution in [0.5, 0.6) is 11.5 Å². The highest BCUT2D eigenvalue weighted by Gasteiger charge is 2.33. The van der Waals surface area contributed by atoms with E-state index in [0.29, 0.717) is 34.9 Å². The van der Waals surface area contributed by atoms with Crippen molar-refractivity contribution in [1.82, 2.24) is 20.0 Å². The van der Waals surface area contributed by atoms with Crippen LogP contribution in [0.25, 0.3) is 22.0 Å². The summed E-state index contributed by atoms with van der Waals surface area (Å²) in [5.41, 5.74) is 2.28. The van der Waals surface area contributed by atoms with Gasteiger partial charge in [0, 0.05) is 49.7 Å². The quantitative estimate of drug-likeness (QED) is 0.655. The maximum Gasteiger partial charge on any atom is 0.145 e. The molecule has 3 heterocycles. The number of phenols is 1. The first kappa shape index (κ1) is 17.7. The van der Waals surface area contributed by atoms with Gasteiger partial charge in [-0.2, -0.15) is 5.10 Å². The number of aromatic hydroxyl groups is 1. The third-order valence-corrected chi connectivity index (χ3v) is 6.04. The predicted octanol–water partition coefficient (Wildman–Crippen LogP) is 2.90. The van der Waals surface area contributed by atoms with E-state index in [1.165, 1.54) is 18.2 Å². The van der Waals surface area contributed by atoms with Crippen LogP contribution in [-0.2, 0) is 13.6 Å². The van der Waals surface area contributed by atoms with E-state index in [0.717, 1.165) is 30.7 Å². The molecule has 2 N–H and O–H groups in total. The number of halogens is 2. The van der Waals surface area contributed by atoms with Gasteiger partial charge in [-0.05, 0) is 12.1 Å². The molecule has 0 aliphatic carbocycles. The maximum atomic E-state index is 14.7. The summed E-state index contributed by atoms with van der Waals surface area (Å²) in [6, 6.07) is 4.47. The van der Waals surface area contributed by atoms with Gasteiger partial charge in [-0.1, -0.05) is 17.7 Å². The Bertz CT molecular complexity index is 1060. The zero-order chi connectivity index (χ0) is 19.4. The number of nitrogens with zero attached hydrogens (tertiary/aromatic N) is 3. The van der Waals surface area contributed by atoms with Crippen molar-refractivity contribution in [1.29, 1.82) is 0 Å². The van der Waals surface area contributed by atoms with E-state index in [2.05, 4.69) is 15.3 Å². The number of hydrogen-bond donors (Lipinski definition) is 2. The van der Waals surface area contributed by atoms with Crippen LogP contribution in [0.2, 0.25) is 5.02 Å². The molecule has 0 saturated carbocycles. The van der Waals surface area contributed by atoms with Crippen LogP contribution >= 0.6 is 11.6 Å². The van der Waals surface area contributed by atoms with Gasteiger partial charge in [0.1, 0.15) is 23.9 Å². The smallest absolute Gasteiger partial charge is 0.145 e. The van der Waals surface area contributed by atoms with Gasteiger partial charge in [-0.15, -0.1) is 0 Å². The molecule has 1 saturated heterocycles. The van der Waals surface area contributed by atoms with Crippen LogP contribution in [-0.4, -0.2) is 52.1 Å². The van der Waals surface area contributed by atoms with Crippen molar-refractivity contribution in [3.63, 3.8) is 0 Å². The average Bonchev–Trinajstić information content (AvgIpc) is 2.94. The number of aromatic nitrogens is 2. The van der Waals surface area contributed by atoms with Crippen LogP contribution in [0.15, 0.2) is 24.4 Å². The SMILES string of the molecule is Cn1ncc2c(-c3c(O)cccc3F)c(Cl)c3c(c21)CN1CCNC[C@@H]1CO3. The lowest BCUT2D eigenvalue weighted by molar-refractivity contribution is 0.120. The van der Waals surface area contributed by atoms with Crippen LogP contribution in [0, 0.1) is 5.82 Å². The monoisotopic (exact) mass is 402 g/mol. The van der Waals surface area contributed by atoms with Crippen molar-refractivity contribution in [3.05, 3.63) is 40.8 Å². The van der Waals surface area contributed by atoms with Crippen LogP contribution < -0.4 is 10.1 Å². The highest BCUT2D eigenvalue weighted by Crippen LogP contribution is 2.48. The van der Waals surface area contributed by atoms with Crippen molar-refractivity contribution in [3.8, 4) is 22.6 Å². The van der Waals surface area contributed by atoms with E-state index in [-0.39, 0.29) is 17.4 Å². The zero-order valence-electron chi connectivity index (χ0n) is 15.4. The number of rotatable bonds is 1. The molecule has 28 heavy (non-hydrogen) atoms. The largest absolute Gasteiger partial charge is 0.507 e. The van der Waals surface area contributed by atoms with Crippen LogP contribution in [0.1, 0.15) is 5.56 Å². The first-order valence-electron chi connectivity index (χ1n) is 9.27. The first-order valence-corrected chi connectivity index (χ1v) is 9.65. The van der Waals surface area contributed by atoms with Crippen molar-refractivity contribution >= 4 is 22.5 Å². The molecular formula is C20H20ClFN4O2. The normalized spacial score (nSPS) is 19.8. The highest BCUT2D eigenvalue weighted by molar-refractivity contribution is 6.37. The molecule has 0 amide bonds. The minimum atomic E-state index is -0.540. The molecule has 0 unspecified atom stereocenters. The molecular weight excluding hydrogens is 383 g/mol. The van der Waals surface area contributed by atoms with Gasteiger partial charge < -0.3 is 15.2 Å². The topological polar surface area (TPSA) is 62.5 Å². The Balaban J connectivity index is 1.81. The molecule has 2 aliphatic heterocycles. The number of aryl methyl sites for hydroxylation is 1. The third-order valence-electron chi connectivity index (χ3n) is 5.68. The molecule has 5 rings (SSSR count). The fourth-order valence-corrected chi connectivity index (χ4v) is 4.67. The van der Waals surface area contributed by atoms with Crippen LogP contribution in [0.4, 0.5) is 4.39 Å². The summed E-state index contributed by atoms with van der Waals surface area (Å²) in [5.74, 6) is -0.158. The minimum Gasteiger partial charge on any atom is -0.507 e. The summed E-state index contributed by atoms with van der Waals surface area (Å²) >= 11 is 6.79. The minimum absolute atomic E-state index is 0.0699. The number of phenolic OH excluding ortho intramolecular Hbond substituents is 1. The Morgan fingerprint density at radius 1 is 1.36 bits per heavy atom. The van der Waals surface area contributed by atoms with Gasteiger partial charge in [-0.3, -0.25) is 9.58 Å². The lowest BCUT2D eigenvalue weighted by atomic mass is 9.96. The molecule has 8 heteroatoms. The van der Waals surface area contributed by atoms with Gasteiger partial charge >= 0.3 is 0 Å². The molecule has 2 aliphatic rings. The molecule has 1 aromatic heterocycles. The maximum absolute atomic E-state index is 14.7. The fraction of sp³-hybridized carbons (Fsp3) is 0.350. The van der Waals surface area contributed by atoms with E-state index < -0.39 is 5.82 Å². The van der Waals surface area contributed by atoms with E-state index in [1.54, 1.807) is 10.9 Å². The second kappa shape index (κ2) is 6.62. The molecule has 1 fully saturated rings. The molecule has 0 bridgehead atoms. The molecule has 6 nitrogen and oxygen atoms in total. The number of hydrogen-bond acceptors (Lipinski definition) is 5. The standard InChI is InChI=1S/C20H20ClFN4O2/c1-25-19-12(8-24-25)16(17-14(22)3-2-4-15(17)27)18(21)20-13(19)9-26-6-5-23-7-11(26)10-28-20/h2-4,8,11,23,27H,5-7,9-10H2,1H3/t11-/m1/s1. The van der Waals surface area contributed by atoms with Crippen molar-refractivity contribution in [2.45, 2.75) is 12.6 Å². The molecule has 2 aromatic carbocycles. The van der Waals surface area contributed by atoms with E-state index in [4.69, 9.17) is 16.3 Å². The lowest BCUT2D eigenvalue weighted by Crippen LogP contribution is -2.52. The molecule has 3 aromatic rings. The second-order valence-electron chi connectivity index (χ2n) is 7.30. The summed E-state index contributed by atoms with van der Waals surface area (Å²) in [6.45, 7) is 3.86. The Kier molecular flexibility index (Phi) is 4.19. The van der Waals surface area contributed by atoms with E-state index in [1.807, 2.05) is 7.05 Å². The number of nitrogens with one attached hydrogen (secondary N) is 1. The Morgan fingerprint density at radius 2 is 2.21 bits per heavy atom. The van der Waals surface area contributed by atoms with E-state index in [9.17, 15) is 9.50 Å². The zero-order valence-corrected chi connectivity index (χ0v) is 16.1. The first-order chi connectivity index (χ1) is 13.6. The van der Waals surface area contributed by atoms with E-state index >= 15 is 0 Å². The Labute approximate surface area is 166 Å². The lowest BCUT2D eigenvalue weighted by Gasteiger charge is -2.33. The Hall–Kier alpha value is -2.35. The summed E-state index contributed by atoms with van der Waals surface area (Å²) in [7, 11) is 1.85. The van der Waals surface area contributed by atoms with Crippen molar-refractivity contribution in [2.24, 2.45) is 7.05 Å². The van der Waals surface area contributed by atoms with Gasteiger partial charge in [0.15, 0.2) is 0 Å². The number of ether oxygens (including phenoxy) is 1. The number of benzene rings is 2. The van der Waals surface area contributed by atoms with Gasteiger partial charge in [-0.25, -0.2) is 4.39 Å². The Morgan fingerprint density at radius 3 is 3.04 bits per heavy atom. The average molecular weight is 403 g/mol. The summed E-state index contributed by atoms with van der Waals surface area (Å²) in [4.78, 5) is 2.38. The van der Waals surface area contributed by atoms with Gasteiger partial charge in [0.05, 0.1) is 28.3 Å². The third kappa shape index (κ3) is 2.57. The van der Waals surface area contributed by atoms with Gasteiger partial charge in [0.25, 0.3) is 0 Å². The number of fused-ring (bicyclic) bond motifs is 4. The highest BCUT2D eigenvalue weighted by atomic mass is 35.5. The van der Waals surface area contributed by atoms with Crippen molar-refractivity contribution < 1.29 is 14.2 Å². The summed E-state index contributed by atoms with van der Waals surface area (Å²) in [5, 5.41) is 19.2. The molecule has 1 atom stereocenters. The summed E-state index contributed by atoms with van der Waals surface area (Å²) < 4.78 is 22.6. The molecule has 0 spiro atoms. The molecule has 146 valence electrons. The fourth-order valence-electron chi connectivity index (χ4n) is 4.31.